The number of rotatable bonds is 6. The van der Waals surface area contributed by atoms with Crippen LogP contribution in [0, 0.1) is 6.92 Å². The van der Waals surface area contributed by atoms with E-state index < -0.39 is 10.0 Å². The highest BCUT2D eigenvalue weighted by molar-refractivity contribution is 7.89. The molecule has 148 valence electrons. The number of carbonyl (C=O) groups excluding carboxylic acids is 1. The third kappa shape index (κ3) is 4.20. The molecule has 0 aliphatic heterocycles. The number of fused-ring (bicyclic) bond motifs is 1. The predicted octanol–water partition coefficient (Wildman–Crippen LogP) is 1.94. The highest BCUT2D eigenvalue weighted by Crippen LogP contribution is 2.21. The first-order valence-corrected chi connectivity index (χ1v) is 10.5. The summed E-state index contributed by atoms with van der Waals surface area (Å²) in [5.41, 5.74) is 2.88. The topological polar surface area (TPSA) is 120 Å². The standard InChI is InChI=1S/C19H23N5O3S/c1-12(2)24-18-17(11-22-24)16(10-13(3)23-18)19(25)21-9-8-14-4-6-15(7-5-14)28(20,26)27/h4-7,10-12H,8-9H2,1-3H3,(H,21,25)(H2,20,26,27). The van der Waals surface area contributed by atoms with Crippen LogP contribution in [0.15, 0.2) is 41.4 Å². The summed E-state index contributed by atoms with van der Waals surface area (Å²) in [6, 6.07) is 8.19. The quantitative estimate of drug-likeness (QED) is 0.654. The zero-order valence-electron chi connectivity index (χ0n) is 16.0. The lowest BCUT2D eigenvalue weighted by Gasteiger charge is -2.10. The minimum Gasteiger partial charge on any atom is -0.352 e. The lowest BCUT2D eigenvalue weighted by Crippen LogP contribution is -2.26. The van der Waals surface area contributed by atoms with Gasteiger partial charge in [-0.1, -0.05) is 12.1 Å². The minimum absolute atomic E-state index is 0.0668. The van der Waals surface area contributed by atoms with Gasteiger partial charge in [0.2, 0.25) is 10.0 Å². The van der Waals surface area contributed by atoms with Gasteiger partial charge < -0.3 is 5.32 Å². The fourth-order valence-electron chi connectivity index (χ4n) is 2.97. The summed E-state index contributed by atoms with van der Waals surface area (Å²) in [5.74, 6) is -0.194. The van der Waals surface area contributed by atoms with Gasteiger partial charge in [-0.3, -0.25) is 4.79 Å². The maximum absolute atomic E-state index is 12.7. The molecule has 0 atom stereocenters. The van der Waals surface area contributed by atoms with Crippen LogP contribution < -0.4 is 10.5 Å². The Bertz CT molecular complexity index is 1120. The molecule has 0 unspecified atom stereocenters. The molecule has 0 bridgehead atoms. The molecule has 0 saturated heterocycles. The summed E-state index contributed by atoms with van der Waals surface area (Å²) in [6.45, 7) is 6.28. The van der Waals surface area contributed by atoms with E-state index >= 15 is 0 Å². The number of primary sulfonamides is 1. The van der Waals surface area contributed by atoms with Gasteiger partial charge in [0, 0.05) is 18.3 Å². The lowest BCUT2D eigenvalue weighted by molar-refractivity contribution is 0.0955. The molecule has 0 spiro atoms. The molecule has 0 saturated carbocycles. The van der Waals surface area contributed by atoms with Gasteiger partial charge in [0.05, 0.1) is 22.0 Å². The van der Waals surface area contributed by atoms with Crippen molar-refractivity contribution in [2.24, 2.45) is 5.14 Å². The maximum atomic E-state index is 12.7. The van der Waals surface area contributed by atoms with Crippen LogP contribution >= 0.6 is 0 Å². The molecule has 0 aliphatic rings. The molecule has 3 N–H and O–H groups in total. The number of hydrogen-bond acceptors (Lipinski definition) is 5. The Balaban J connectivity index is 1.72. The zero-order valence-corrected chi connectivity index (χ0v) is 16.8. The molecule has 2 heterocycles. The summed E-state index contributed by atoms with van der Waals surface area (Å²) in [4.78, 5) is 17.3. The fraction of sp³-hybridized carbons (Fsp3) is 0.316. The minimum atomic E-state index is -3.70. The zero-order chi connectivity index (χ0) is 20.5. The van der Waals surface area contributed by atoms with Crippen molar-refractivity contribution in [1.29, 1.82) is 0 Å². The second kappa shape index (κ2) is 7.69. The molecule has 0 radical (unpaired) electrons. The van der Waals surface area contributed by atoms with Crippen LogP contribution in [0.4, 0.5) is 0 Å². The number of nitrogens with two attached hydrogens (primary N) is 1. The number of amides is 1. The van der Waals surface area contributed by atoms with E-state index in [1.54, 1.807) is 29.1 Å². The number of benzene rings is 1. The molecule has 8 nitrogen and oxygen atoms in total. The van der Waals surface area contributed by atoms with Crippen molar-refractivity contribution >= 4 is 27.0 Å². The largest absolute Gasteiger partial charge is 0.352 e. The van der Waals surface area contributed by atoms with Crippen LogP contribution in [0.5, 0.6) is 0 Å². The Labute approximate surface area is 163 Å². The normalized spacial score (nSPS) is 11.9. The number of pyridine rings is 1. The molecule has 2 aromatic heterocycles. The number of nitrogens with zero attached hydrogens (tertiary/aromatic N) is 3. The van der Waals surface area contributed by atoms with Gasteiger partial charge in [0.1, 0.15) is 0 Å². The van der Waals surface area contributed by atoms with E-state index in [1.807, 2.05) is 20.8 Å². The Kier molecular flexibility index (Phi) is 5.48. The summed E-state index contributed by atoms with van der Waals surface area (Å²) < 4.78 is 24.4. The SMILES string of the molecule is Cc1cc(C(=O)NCCc2ccc(S(N)(=O)=O)cc2)c2cnn(C(C)C)c2n1. The maximum Gasteiger partial charge on any atom is 0.252 e. The molecule has 3 aromatic rings. The van der Waals surface area contributed by atoms with Crippen molar-refractivity contribution < 1.29 is 13.2 Å². The van der Waals surface area contributed by atoms with Crippen molar-refractivity contribution in [2.75, 3.05) is 6.54 Å². The van der Waals surface area contributed by atoms with Gasteiger partial charge in [-0.05, 0) is 51.0 Å². The van der Waals surface area contributed by atoms with Crippen molar-refractivity contribution in [3.8, 4) is 0 Å². The Hall–Kier alpha value is -2.78. The van der Waals surface area contributed by atoms with Crippen molar-refractivity contribution in [3.05, 3.63) is 53.3 Å². The average molecular weight is 401 g/mol. The van der Waals surface area contributed by atoms with Crippen LogP contribution in [0.3, 0.4) is 0 Å². The number of aromatic nitrogens is 3. The molecule has 9 heteroatoms. The summed E-state index contributed by atoms with van der Waals surface area (Å²) in [5, 5.41) is 13.1. The lowest BCUT2D eigenvalue weighted by atomic mass is 10.1. The van der Waals surface area contributed by atoms with Crippen LogP contribution in [0.1, 0.15) is 41.5 Å². The van der Waals surface area contributed by atoms with Gasteiger partial charge >= 0.3 is 0 Å². The van der Waals surface area contributed by atoms with Gasteiger partial charge in [-0.2, -0.15) is 5.10 Å². The Morgan fingerprint density at radius 1 is 1.25 bits per heavy atom. The number of nitrogens with one attached hydrogen (secondary N) is 1. The highest BCUT2D eigenvalue weighted by atomic mass is 32.2. The highest BCUT2D eigenvalue weighted by Gasteiger charge is 2.16. The molecule has 0 aliphatic carbocycles. The number of aryl methyl sites for hydroxylation is 1. The smallest absolute Gasteiger partial charge is 0.252 e. The van der Waals surface area contributed by atoms with Gasteiger partial charge in [0.25, 0.3) is 5.91 Å². The molecular formula is C19H23N5O3S. The van der Waals surface area contributed by atoms with E-state index in [2.05, 4.69) is 15.4 Å². The van der Waals surface area contributed by atoms with E-state index in [-0.39, 0.29) is 16.8 Å². The Morgan fingerprint density at radius 2 is 1.93 bits per heavy atom. The van der Waals surface area contributed by atoms with Crippen LogP contribution in [0.25, 0.3) is 11.0 Å². The van der Waals surface area contributed by atoms with Gasteiger partial charge in [-0.25, -0.2) is 23.2 Å². The van der Waals surface area contributed by atoms with Gasteiger partial charge in [0.15, 0.2) is 5.65 Å². The first kappa shape index (κ1) is 20.0. The van der Waals surface area contributed by atoms with E-state index in [0.717, 1.165) is 11.3 Å². The second-order valence-electron chi connectivity index (χ2n) is 6.93. The van der Waals surface area contributed by atoms with E-state index in [1.165, 1.54) is 12.1 Å². The third-order valence-corrected chi connectivity index (χ3v) is 5.31. The molecule has 0 fully saturated rings. The monoisotopic (exact) mass is 401 g/mol. The van der Waals surface area contributed by atoms with Crippen molar-refractivity contribution in [3.63, 3.8) is 0 Å². The number of carbonyl (C=O) groups is 1. The summed E-state index contributed by atoms with van der Waals surface area (Å²) in [7, 11) is -3.70. The van der Waals surface area contributed by atoms with Crippen LogP contribution in [-0.2, 0) is 16.4 Å². The van der Waals surface area contributed by atoms with Crippen LogP contribution in [0.2, 0.25) is 0 Å². The van der Waals surface area contributed by atoms with Crippen molar-refractivity contribution in [2.45, 2.75) is 38.1 Å². The predicted molar refractivity (Wildman–Crippen MR) is 107 cm³/mol. The molecular weight excluding hydrogens is 378 g/mol. The number of sulfonamides is 1. The molecule has 28 heavy (non-hydrogen) atoms. The average Bonchev–Trinajstić information content (AvgIpc) is 3.04. The summed E-state index contributed by atoms with van der Waals surface area (Å²) in [6.07, 6.45) is 2.23. The first-order chi connectivity index (χ1) is 13.2. The third-order valence-electron chi connectivity index (χ3n) is 4.38. The Morgan fingerprint density at radius 3 is 2.54 bits per heavy atom. The van der Waals surface area contributed by atoms with Crippen LogP contribution in [-0.4, -0.2) is 35.6 Å². The number of hydrogen-bond donors (Lipinski definition) is 2. The molecule has 1 aromatic carbocycles. The molecule has 1 amide bonds. The first-order valence-electron chi connectivity index (χ1n) is 8.91. The van der Waals surface area contributed by atoms with E-state index in [0.29, 0.717) is 29.6 Å². The molecule has 3 rings (SSSR count). The van der Waals surface area contributed by atoms with Gasteiger partial charge in [-0.15, -0.1) is 0 Å². The van der Waals surface area contributed by atoms with E-state index in [4.69, 9.17) is 5.14 Å². The summed E-state index contributed by atoms with van der Waals surface area (Å²) >= 11 is 0. The van der Waals surface area contributed by atoms with E-state index in [9.17, 15) is 13.2 Å². The fourth-order valence-corrected chi connectivity index (χ4v) is 3.49. The van der Waals surface area contributed by atoms with Crippen molar-refractivity contribution in [1.82, 2.24) is 20.1 Å². The second-order valence-corrected chi connectivity index (χ2v) is 8.49.